The predicted molar refractivity (Wildman–Crippen MR) is 60.6 cm³/mol. The average Bonchev–Trinajstić information content (AvgIpc) is 2.46. The molecule has 0 bridgehead atoms. The molecule has 0 unspecified atom stereocenters. The van der Waals surface area contributed by atoms with Crippen molar-refractivity contribution < 1.29 is 14.3 Å². The van der Waals surface area contributed by atoms with Crippen molar-refractivity contribution in [3.05, 3.63) is 36.2 Å². The minimum Gasteiger partial charge on any atom is -0.480 e. The van der Waals surface area contributed by atoms with Crippen LogP contribution in [0.4, 0.5) is 0 Å². The lowest BCUT2D eigenvalue weighted by Crippen LogP contribution is -2.10. The number of ether oxygens (including phenoxy) is 2. The zero-order chi connectivity index (χ0) is 13.0. The summed E-state index contributed by atoms with van der Waals surface area (Å²) in [7, 11) is 2.85. The molecule has 0 fully saturated rings. The van der Waals surface area contributed by atoms with Crippen LogP contribution >= 0.6 is 0 Å². The molecule has 0 atom stereocenters. The van der Waals surface area contributed by atoms with Gasteiger partial charge in [0.15, 0.2) is 5.69 Å². The van der Waals surface area contributed by atoms with Gasteiger partial charge in [-0.1, -0.05) is 0 Å². The summed E-state index contributed by atoms with van der Waals surface area (Å²) in [5.41, 5.74) is 0.245. The van der Waals surface area contributed by atoms with Crippen molar-refractivity contribution in [1.29, 1.82) is 0 Å². The van der Waals surface area contributed by atoms with Gasteiger partial charge in [-0.15, -0.1) is 0 Å². The highest BCUT2D eigenvalue weighted by atomic mass is 16.5. The molecule has 0 amide bonds. The van der Waals surface area contributed by atoms with Gasteiger partial charge >= 0.3 is 0 Å². The molecule has 0 N–H and O–H groups in total. The van der Waals surface area contributed by atoms with Gasteiger partial charge in [-0.25, -0.2) is 9.97 Å². The molecule has 7 heteroatoms. The van der Waals surface area contributed by atoms with E-state index in [4.69, 9.17) is 9.47 Å². The Bertz CT molecular complexity index is 559. The fraction of sp³-hybridized carbons (Fsp3) is 0.182. The molecule has 0 aromatic carbocycles. The smallest absolute Gasteiger partial charge is 0.247 e. The monoisotopic (exact) mass is 246 g/mol. The number of carbonyl (C=O) groups is 1. The Morgan fingerprint density at radius 2 is 1.94 bits per heavy atom. The quantitative estimate of drug-likeness (QED) is 0.726. The summed E-state index contributed by atoms with van der Waals surface area (Å²) in [5.74, 6) is -0.0531. The second-order valence-corrected chi connectivity index (χ2v) is 3.19. The summed E-state index contributed by atoms with van der Waals surface area (Å²) in [6, 6.07) is 0. The molecule has 2 heterocycles. The molecule has 2 aromatic rings. The largest absolute Gasteiger partial charge is 0.480 e. The van der Waals surface area contributed by atoms with Gasteiger partial charge in [-0.05, 0) is 0 Å². The zero-order valence-corrected chi connectivity index (χ0v) is 9.82. The van der Waals surface area contributed by atoms with Crippen LogP contribution in [0.25, 0.3) is 0 Å². The minimum atomic E-state index is -0.407. The normalized spacial score (nSPS) is 9.89. The van der Waals surface area contributed by atoms with Crippen molar-refractivity contribution in [2.75, 3.05) is 14.2 Å². The van der Waals surface area contributed by atoms with E-state index in [0.717, 1.165) is 0 Å². The summed E-state index contributed by atoms with van der Waals surface area (Å²) in [6.45, 7) is 0. The lowest BCUT2D eigenvalue weighted by molar-refractivity contribution is 0.102. The van der Waals surface area contributed by atoms with E-state index in [9.17, 15) is 4.79 Å². The lowest BCUT2D eigenvalue weighted by Gasteiger charge is -2.06. The third-order valence-electron chi connectivity index (χ3n) is 2.13. The third-order valence-corrected chi connectivity index (χ3v) is 2.13. The summed E-state index contributed by atoms with van der Waals surface area (Å²) in [4.78, 5) is 27.8. The molecular weight excluding hydrogens is 236 g/mol. The van der Waals surface area contributed by atoms with Gasteiger partial charge in [0, 0.05) is 12.4 Å². The Morgan fingerprint density at radius 3 is 2.56 bits per heavy atom. The van der Waals surface area contributed by atoms with Crippen molar-refractivity contribution in [2.24, 2.45) is 0 Å². The second kappa shape index (κ2) is 5.17. The van der Waals surface area contributed by atoms with Crippen LogP contribution in [0.5, 0.6) is 11.8 Å². The van der Waals surface area contributed by atoms with E-state index in [1.165, 1.54) is 39.0 Å². The molecule has 0 saturated heterocycles. The standard InChI is InChI=1S/C11H10N4O3/c1-17-8-6-14-9(11(15-8)18-2)10(16)7-5-12-3-4-13-7/h3-6H,1-2H3. The van der Waals surface area contributed by atoms with Gasteiger partial charge in [0.05, 0.1) is 26.6 Å². The molecular formula is C11H10N4O3. The van der Waals surface area contributed by atoms with Gasteiger partial charge in [-0.3, -0.25) is 9.78 Å². The Labute approximate surface area is 103 Å². The first-order chi connectivity index (χ1) is 8.76. The zero-order valence-electron chi connectivity index (χ0n) is 9.82. The van der Waals surface area contributed by atoms with Crippen LogP contribution in [0.3, 0.4) is 0 Å². The van der Waals surface area contributed by atoms with Crippen LogP contribution in [0, 0.1) is 0 Å². The van der Waals surface area contributed by atoms with Gasteiger partial charge in [0.2, 0.25) is 17.5 Å². The van der Waals surface area contributed by atoms with Gasteiger partial charge in [0.25, 0.3) is 0 Å². The van der Waals surface area contributed by atoms with Crippen molar-refractivity contribution in [1.82, 2.24) is 19.9 Å². The summed E-state index contributed by atoms with van der Waals surface area (Å²) in [5, 5.41) is 0. The van der Waals surface area contributed by atoms with E-state index in [-0.39, 0.29) is 23.1 Å². The Hall–Kier alpha value is -2.57. The SMILES string of the molecule is COc1cnc(C(=O)c2cnccn2)c(OC)n1. The van der Waals surface area contributed by atoms with Crippen LogP contribution in [0.15, 0.2) is 24.8 Å². The molecule has 0 radical (unpaired) electrons. The van der Waals surface area contributed by atoms with Crippen LogP contribution in [-0.4, -0.2) is 39.9 Å². The van der Waals surface area contributed by atoms with E-state index >= 15 is 0 Å². The van der Waals surface area contributed by atoms with Crippen molar-refractivity contribution in [3.63, 3.8) is 0 Å². The molecule has 0 saturated carbocycles. The number of aromatic nitrogens is 4. The fourth-order valence-electron chi connectivity index (χ4n) is 1.29. The minimum absolute atomic E-state index is 0.0683. The Kier molecular flexibility index (Phi) is 3.42. The topological polar surface area (TPSA) is 87.1 Å². The summed E-state index contributed by atoms with van der Waals surface area (Å²) >= 11 is 0. The molecule has 18 heavy (non-hydrogen) atoms. The summed E-state index contributed by atoms with van der Waals surface area (Å²) < 4.78 is 9.91. The number of nitrogens with zero attached hydrogens (tertiary/aromatic N) is 4. The van der Waals surface area contributed by atoms with Crippen molar-refractivity contribution >= 4 is 5.78 Å². The molecule has 2 aromatic heterocycles. The van der Waals surface area contributed by atoms with Crippen molar-refractivity contribution in [2.45, 2.75) is 0 Å². The second-order valence-electron chi connectivity index (χ2n) is 3.19. The highest BCUT2D eigenvalue weighted by Crippen LogP contribution is 2.18. The fourth-order valence-corrected chi connectivity index (χ4v) is 1.29. The Balaban J connectivity index is 2.42. The first-order valence-corrected chi connectivity index (χ1v) is 5.02. The van der Waals surface area contributed by atoms with Crippen molar-refractivity contribution in [3.8, 4) is 11.8 Å². The summed E-state index contributed by atoms with van der Waals surface area (Å²) in [6.07, 6.45) is 5.60. The number of ketones is 1. The maximum absolute atomic E-state index is 12.1. The first kappa shape index (κ1) is 11.9. The highest BCUT2D eigenvalue weighted by molar-refractivity contribution is 6.07. The molecule has 0 aliphatic rings. The van der Waals surface area contributed by atoms with E-state index < -0.39 is 5.78 Å². The Morgan fingerprint density at radius 1 is 1.11 bits per heavy atom. The average molecular weight is 246 g/mol. The van der Waals surface area contributed by atoms with Crippen LogP contribution < -0.4 is 9.47 Å². The number of rotatable bonds is 4. The maximum Gasteiger partial charge on any atom is 0.247 e. The van der Waals surface area contributed by atoms with Gasteiger partial charge in [-0.2, -0.15) is 4.98 Å². The molecule has 2 rings (SSSR count). The van der Waals surface area contributed by atoms with Gasteiger partial charge in [0.1, 0.15) is 5.69 Å². The molecule has 92 valence electrons. The molecule has 7 nitrogen and oxygen atoms in total. The number of hydrogen-bond acceptors (Lipinski definition) is 7. The first-order valence-electron chi connectivity index (χ1n) is 5.02. The third kappa shape index (κ3) is 2.24. The lowest BCUT2D eigenvalue weighted by atomic mass is 10.2. The number of carbonyl (C=O) groups excluding carboxylic acids is 1. The van der Waals surface area contributed by atoms with E-state index in [1.807, 2.05) is 0 Å². The van der Waals surface area contributed by atoms with Crippen LogP contribution in [0.2, 0.25) is 0 Å². The molecule has 0 spiro atoms. The molecule has 0 aliphatic heterocycles. The van der Waals surface area contributed by atoms with Gasteiger partial charge < -0.3 is 9.47 Å². The van der Waals surface area contributed by atoms with E-state index in [2.05, 4.69) is 19.9 Å². The number of methoxy groups -OCH3 is 2. The van der Waals surface area contributed by atoms with Crippen LogP contribution in [-0.2, 0) is 0 Å². The highest BCUT2D eigenvalue weighted by Gasteiger charge is 2.19. The predicted octanol–water partition coefficient (Wildman–Crippen LogP) is 0.515. The number of hydrogen-bond donors (Lipinski definition) is 0. The van der Waals surface area contributed by atoms with Crippen LogP contribution in [0.1, 0.15) is 16.2 Å². The van der Waals surface area contributed by atoms with E-state index in [0.29, 0.717) is 0 Å². The molecule has 0 aliphatic carbocycles. The maximum atomic E-state index is 12.1. The van der Waals surface area contributed by atoms with E-state index in [1.54, 1.807) is 0 Å².